The van der Waals surface area contributed by atoms with Crippen LogP contribution in [0.2, 0.25) is 0 Å². The highest BCUT2D eigenvalue weighted by Crippen LogP contribution is 2.32. The van der Waals surface area contributed by atoms with Crippen LogP contribution in [0, 0.1) is 0 Å². The van der Waals surface area contributed by atoms with Gasteiger partial charge in [-0.15, -0.1) is 0 Å². The highest BCUT2D eigenvalue weighted by atomic mass is 16.2. The summed E-state index contributed by atoms with van der Waals surface area (Å²) in [5.41, 5.74) is 5.47. The number of carbonyl (C=O) groups excluding carboxylic acids is 1. The number of aromatic amines is 1. The molecule has 4 heteroatoms. The van der Waals surface area contributed by atoms with Crippen LogP contribution in [0.4, 0.5) is 0 Å². The zero-order valence-corrected chi connectivity index (χ0v) is 18.3. The van der Waals surface area contributed by atoms with Crippen molar-refractivity contribution < 1.29 is 4.79 Å². The first kappa shape index (κ1) is 20.5. The molecule has 0 bridgehead atoms. The molecule has 4 nitrogen and oxygen atoms in total. The quantitative estimate of drug-likeness (QED) is 0.405. The molecule has 0 aliphatic heterocycles. The monoisotopic (exact) mass is 423 g/mol. The van der Waals surface area contributed by atoms with Crippen LogP contribution in [-0.2, 0) is 17.8 Å². The summed E-state index contributed by atoms with van der Waals surface area (Å²) in [6.45, 7) is 0.648. The summed E-state index contributed by atoms with van der Waals surface area (Å²) >= 11 is 0. The fraction of sp³-hybridized carbons (Fsp3) is 0.286. The van der Waals surface area contributed by atoms with Crippen LogP contribution in [0.1, 0.15) is 43.2 Å². The van der Waals surface area contributed by atoms with Crippen molar-refractivity contribution in [3.05, 3.63) is 90.3 Å². The van der Waals surface area contributed by atoms with Gasteiger partial charge in [-0.25, -0.2) is 0 Å². The molecule has 5 rings (SSSR count). The van der Waals surface area contributed by atoms with Crippen LogP contribution in [-0.4, -0.2) is 26.8 Å². The summed E-state index contributed by atoms with van der Waals surface area (Å²) in [6, 6.07) is 23.0. The predicted molar refractivity (Wildman–Crippen MR) is 129 cm³/mol. The number of aromatic nitrogens is 2. The number of H-pyrrole nitrogens is 1. The van der Waals surface area contributed by atoms with E-state index in [2.05, 4.69) is 45.2 Å². The first-order chi connectivity index (χ1) is 15.8. The molecule has 2 heterocycles. The summed E-state index contributed by atoms with van der Waals surface area (Å²) in [4.78, 5) is 23.7. The standard InChI is InChI=1S/C28H29N3O/c32-27(31(23-11-5-2-6-12-23)20-21-15-17-29-18-16-21)19-25-24-13-7-8-14-26(24)30-28(25)22-9-3-1-4-10-22/h1,3-4,7-10,13-18,23,30H,2,5-6,11-12,19-20H2. The largest absolute Gasteiger partial charge is 0.354 e. The maximum absolute atomic E-state index is 13.8. The Balaban J connectivity index is 1.50. The van der Waals surface area contributed by atoms with Crippen molar-refractivity contribution in [1.29, 1.82) is 0 Å². The first-order valence-electron chi connectivity index (χ1n) is 11.6. The fourth-order valence-electron chi connectivity index (χ4n) is 4.99. The molecule has 162 valence electrons. The van der Waals surface area contributed by atoms with Gasteiger partial charge >= 0.3 is 0 Å². The predicted octanol–water partition coefficient (Wildman–Crippen LogP) is 6.13. The van der Waals surface area contributed by atoms with Gasteiger partial charge in [-0.3, -0.25) is 9.78 Å². The van der Waals surface area contributed by atoms with Gasteiger partial charge in [0.05, 0.1) is 12.1 Å². The third-order valence-corrected chi connectivity index (χ3v) is 6.64. The normalized spacial score (nSPS) is 14.5. The first-order valence-corrected chi connectivity index (χ1v) is 11.6. The Labute approximate surface area is 189 Å². The second-order valence-electron chi connectivity index (χ2n) is 8.74. The van der Waals surface area contributed by atoms with Crippen LogP contribution in [0.25, 0.3) is 22.2 Å². The minimum atomic E-state index is 0.204. The molecule has 0 unspecified atom stereocenters. The fourth-order valence-corrected chi connectivity index (χ4v) is 4.99. The van der Waals surface area contributed by atoms with Crippen LogP contribution in [0.15, 0.2) is 79.1 Å². The Kier molecular flexibility index (Phi) is 6.02. The van der Waals surface area contributed by atoms with E-state index in [0.717, 1.165) is 46.1 Å². The molecule has 0 saturated heterocycles. The molecule has 1 aliphatic carbocycles. The molecular weight excluding hydrogens is 394 g/mol. The molecular formula is C28H29N3O. The molecule has 1 amide bonds. The van der Waals surface area contributed by atoms with Crippen molar-refractivity contribution in [2.75, 3.05) is 0 Å². The van der Waals surface area contributed by atoms with Gasteiger partial charge < -0.3 is 9.88 Å². The zero-order chi connectivity index (χ0) is 21.8. The maximum atomic E-state index is 13.8. The van der Waals surface area contributed by atoms with Crippen molar-refractivity contribution >= 4 is 16.8 Å². The van der Waals surface area contributed by atoms with Gasteiger partial charge in [-0.2, -0.15) is 0 Å². The lowest BCUT2D eigenvalue weighted by Crippen LogP contribution is -2.41. The Hall–Kier alpha value is -3.40. The van der Waals surface area contributed by atoms with E-state index in [1.807, 2.05) is 48.8 Å². The topological polar surface area (TPSA) is 49.0 Å². The van der Waals surface area contributed by atoms with E-state index >= 15 is 0 Å². The maximum Gasteiger partial charge on any atom is 0.227 e. The molecule has 1 N–H and O–H groups in total. The zero-order valence-electron chi connectivity index (χ0n) is 18.3. The SMILES string of the molecule is O=C(Cc1c(-c2ccccc2)[nH]c2ccccc12)N(Cc1ccncc1)C1CCCCC1. The number of nitrogens with zero attached hydrogens (tertiary/aromatic N) is 2. The summed E-state index contributed by atoms with van der Waals surface area (Å²) in [7, 11) is 0. The molecule has 32 heavy (non-hydrogen) atoms. The lowest BCUT2D eigenvalue weighted by molar-refractivity contribution is -0.134. The summed E-state index contributed by atoms with van der Waals surface area (Å²) in [6.07, 6.45) is 9.88. The van der Waals surface area contributed by atoms with Gasteiger partial charge in [0, 0.05) is 35.9 Å². The van der Waals surface area contributed by atoms with E-state index in [1.165, 1.54) is 19.3 Å². The lowest BCUT2D eigenvalue weighted by Gasteiger charge is -2.34. The highest BCUT2D eigenvalue weighted by Gasteiger charge is 2.27. The van der Waals surface area contributed by atoms with Crippen molar-refractivity contribution in [2.24, 2.45) is 0 Å². The van der Waals surface area contributed by atoms with E-state index in [4.69, 9.17) is 0 Å². The molecule has 4 aromatic rings. The minimum absolute atomic E-state index is 0.204. The van der Waals surface area contributed by atoms with E-state index in [0.29, 0.717) is 19.0 Å². The van der Waals surface area contributed by atoms with Gasteiger partial charge in [0.2, 0.25) is 5.91 Å². The van der Waals surface area contributed by atoms with Gasteiger partial charge in [-0.1, -0.05) is 67.8 Å². The molecule has 1 saturated carbocycles. The van der Waals surface area contributed by atoms with Gasteiger partial charge in [0.25, 0.3) is 0 Å². The molecule has 0 atom stereocenters. The number of fused-ring (bicyclic) bond motifs is 1. The molecule has 1 fully saturated rings. The van der Waals surface area contributed by atoms with Crippen molar-refractivity contribution in [3.8, 4) is 11.3 Å². The van der Waals surface area contributed by atoms with E-state index in [9.17, 15) is 4.79 Å². The average molecular weight is 424 g/mol. The number of rotatable bonds is 6. The Morgan fingerprint density at radius 2 is 1.62 bits per heavy atom. The van der Waals surface area contributed by atoms with Gasteiger partial charge in [-0.05, 0) is 47.7 Å². The molecule has 0 spiro atoms. The molecule has 2 aromatic carbocycles. The third-order valence-electron chi connectivity index (χ3n) is 6.64. The number of para-hydroxylation sites is 1. The van der Waals surface area contributed by atoms with Crippen molar-refractivity contribution in [3.63, 3.8) is 0 Å². The number of pyridine rings is 1. The van der Waals surface area contributed by atoms with Gasteiger partial charge in [0.1, 0.15) is 0 Å². The second kappa shape index (κ2) is 9.39. The summed E-state index contributed by atoms with van der Waals surface area (Å²) in [5, 5.41) is 1.13. The van der Waals surface area contributed by atoms with E-state index in [1.54, 1.807) is 0 Å². The van der Waals surface area contributed by atoms with Crippen LogP contribution < -0.4 is 0 Å². The lowest BCUT2D eigenvalue weighted by atomic mass is 9.93. The molecule has 0 radical (unpaired) electrons. The second-order valence-corrected chi connectivity index (χ2v) is 8.74. The number of hydrogen-bond acceptors (Lipinski definition) is 2. The van der Waals surface area contributed by atoms with Crippen LogP contribution in [0.3, 0.4) is 0 Å². The number of amides is 1. The van der Waals surface area contributed by atoms with Crippen LogP contribution in [0.5, 0.6) is 0 Å². The Morgan fingerprint density at radius 1 is 0.906 bits per heavy atom. The number of hydrogen-bond donors (Lipinski definition) is 1. The number of benzene rings is 2. The molecule has 2 aromatic heterocycles. The van der Waals surface area contributed by atoms with Gasteiger partial charge in [0.15, 0.2) is 0 Å². The minimum Gasteiger partial charge on any atom is -0.354 e. The smallest absolute Gasteiger partial charge is 0.227 e. The van der Waals surface area contributed by atoms with E-state index < -0.39 is 0 Å². The number of carbonyl (C=O) groups is 1. The average Bonchev–Trinajstić information content (AvgIpc) is 3.22. The molecule has 1 aliphatic rings. The van der Waals surface area contributed by atoms with Crippen molar-refractivity contribution in [2.45, 2.75) is 51.1 Å². The Bertz CT molecular complexity index is 1180. The Morgan fingerprint density at radius 3 is 2.41 bits per heavy atom. The van der Waals surface area contributed by atoms with Crippen LogP contribution >= 0.6 is 0 Å². The highest BCUT2D eigenvalue weighted by molar-refractivity contribution is 5.95. The summed E-state index contributed by atoms with van der Waals surface area (Å²) < 4.78 is 0. The third kappa shape index (κ3) is 4.31. The number of nitrogens with one attached hydrogen (secondary N) is 1. The summed E-state index contributed by atoms with van der Waals surface area (Å²) in [5.74, 6) is 0.204. The van der Waals surface area contributed by atoms with E-state index in [-0.39, 0.29) is 5.91 Å². The van der Waals surface area contributed by atoms with Crippen molar-refractivity contribution in [1.82, 2.24) is 14.9 Å².